The predicted molar refractivity (Wildman–Crippen MR) is 74.8 cm³/mol. The second-order valence-electron chi connectivity index (χ2n) is 4.40. The second-order valence-corrected chi connectivity index (χ2v) is 4.40. The monoisotopic (exact) mass is 260 g/mol. The summed E-state index contributed by atoms with van der Waals surface area (Å²) in [7, 11) is 1.66. The molecule has 0 amide bonds. The number of unbranched alkanes of at least 4 members (excludes halogenated alkanes) is 1. The van der Waals surface area contributed by atoms with Crippen molar-refractivity contribution in [2.75, 3.05) is 7.11 Å². The maximum atomic E-state index is 5.75. The summed E-state index contributed by atoms with van der Waals surface area (Å²) in [6.07, 6.45) is 2.19. The SMILES string of the molecule is CCCCn1nnc(CN)c1-c1cccc(OC)c1. The molecule has 0 fully saturated rings. The van der Waals surface area contributed by atoms with E-state index in [0.717, 1.165) is 42.1 Å². The molecule has 0 unspecified atom stereocenters. The van der Waals surface area contributed by atoms with Gasteiger partial charge in [-0.25, -0.2) is 4.68 Å². The summed E-state index contributed by atoms with van der Waals surface area (Å²) in [6.45, 7) is 3.40. The first-order chi connectivity index (χ1) is 9.30. The maximum absolute atomic E-state index is 5.75. The van der Waals surface area contributed by atoms with Crippen LogP contribution in [0.2, 0.25) is 0 Å². The summed E-state index contributed by atoms with van der Waals surface area (Å²) in [5, 5.41) is 8.37. The highest BCUT2D eigenvalue weighted by Gasteiger charge is 2.14. The Morgan fingerprint density at radius 2 is 2.21 bits per heavy atom. The van der Waals surface area contributed by atoms with Crippen molar-refractivity contribution in [3.63, 3.8) is 0 Å². The maximum Gasteiger partial charge on any atom is 0.119 e. The van der Waals surface area contributed by atoms with Crippen molar-refractivity contribution >= 4 is 0 Å². The number of benzene rings is 1. The Labute approximate surface area is 113 Å². The Kier molecular flexibility index (Phi) is 4.52. The number of methoxy groups -OCH3 is 1. The highest BCUT2D eigenvalue weighted by Crippen LogP contribution is 2.26. The van der Waals surface area contributed by atoms with Crippen molar-refractivity contribution < 1.29 is 4.74 Å². The first kappa shape index (κ1) is 13.5. The number of nitrogens with two attached hydrogens (primary N) is 1. The Balaban J connectivity index is 2.42. The van der Waals surface area contributed by atoms with Gasteiger partial charge in [0.2, 0.25) is 0 Å². The molecule has 5 nitrogen and oxygen atoms in total. The number of aryl methyl sites for hydroxylation is 1. The minimum absolute atomic E-state index is 0.388. The number of nitrogens with zero attached hydrogens (tertiary/aromatic N) is 3. The summed E-state index contributed by atoms with van der Waals surface area (Å²) in [6, 6.07) is 7.90. The van der Waals surface area contributed by atoms with Crippen LogP contribution in [0.3, 0.4) is 0 Å². The third-order valence-corrected chi connectivity index (χ3v) is 3.06. The zero-order valence-corrected chi connectivity index (χ0v) is 11.5. The molecule has 0 spiro atoms. The van der Waals surface area contributed by atoms with Crippen molar-refractivity contribution in [3.05, 3.63) is 30.0 Å². The van der Waals surface area contributed by atoms with Crippen molar-refractivity contribution in [3.8, 4) is 17.0 Å². The molecular weight excluding hydrogens is 240 g/mol. The van der Waals surface area contributed by atoms with Gasteiger partial charge in [-0.05, 0) is 18.6 Å². The fourth-order valence-corrected chi connectivity index (χ4v) is 2.04. The van der Waals surface area contributed by atoms with Crippen LogP contribution in [0.4, 0.5) is 0 Å². The van der Waals surface area contributed by atoms with Gasteiger partial charge in [-0.2, -0.15) is 0 Å². The van der Waals surface area contributed by atoms with E-state index in [0.29, 0.717) is 6.54 Å². The van der Waals surface area contributed by atoms with E-state index in [1.165, 1.54) is 0 Å². The lowest BCUT2D eigenvalue weighted by Gasteiger charge is -2.08. The van der Waals surface area contributed by atoms with E-state index in [1.807, 2.05) is 28.9 Å². The molecule has 5 heteroatoms. The zero-order valence-electron chi connectivity index (χ0n) is 11.5. The van der Waals surface area contributed by atoms with Crippen LogP contribution in [0, 0.1) is 0 Å². The molecule has 2 aromatic rings. The first-order valence-corrected chi connectivity index (χ1v) is 6.57. The van der Waals surface area contributed by atoms with Crippen LogP contribution in [0.1, 0.15) is 25.5 Å². The van der Waals surface area contributed by atoms with Crippen molar-refractivity contribution in [1.29, 1.82) is 0 Å². The Morgan fingerprint density at radius 1 is 1.37 bits per heavy atom. The number of rotatable bonds is 6. The first-order valence-electron chi connectivity index (χ1n) is 6.57. The van der Waals surface area contributed by atoms with Crippen LogP contribution >= 0.6 is 0 Å². The second kappa shape index (κ2) is 6.33. The minimum atomic E-state index is 0.388. The lowest BCUT2D eigenvalue weighted by molar-refractivity contribution is 0.415. The largest absolute Gasteiger partial charge is 0.497 e. The van der Waals surface area contributed by atoms with Crippen LogP contribution < -0.4 is 10.5 Å². The van der Waals surface area contributed by atoms with E-state index in [-0.39, 0.29) is 0 Å². The number of hydrogen-bond donors (Lipinski definition) is 1. The standard InChI is InChI=1S/C14H20N4O/c1-3-4-8-18-14(13(10-15)16-17-18)11-6-5-7-12(9-11)19-2/h5-7,9H,3-4,8,10,15H2,1-2H3. The molecule has 0 aliphatic carbocycles. The van der Waals surface area contributed by atoms with Gasteiger partial charge in [0, 0.05) is 18.7 Å². The summed E-state index contributed by atoms with van der Waals surface area (Å²) in [5.74, 6) is 0.823. The zero-order chi connectivity index (χ0) is 13.7. The lowest BCUT2D eigenvalue weighted by atomic mass is 10.1. The third-order valence-electron chi connectivity index (χ3n) is 3.06. The van der Waals surface area contributed by atoms with Crippen LogP contribution in [0.5, 0.6) is 5.75 Å². The van der Waals surface area contributed by atoms with Gasteiger partial charge >= 0.3 is 0 Å². The molecule has 1 heterocycles. The van der Waals surface area contributed by atoms with Gasteiger partial charge < -0.3 is 10.5 Å². The van der Waals surface area contributed by atoms with Crippen molar-refractivity contribution in [1.82, 2.24) is 15.0 Å². The Morgan fingerprint density at radius 3 is 2.89 bits per heavy atom. The third kappa shape index (κ3) is 2.93. The fourth-order valence-electron chi connectivity index (χ4n) is 2.04. The minimum Gasteiger partial charge on any atom is -0.497 e. The molecule has 2 N–H and O–H groups in total. The van der Waals surface area contributed by atoms with E-state index in [1.54, 1.807) is 7.11 Å². The van der Waals surface area contributed by atoms with Gasteiger partial charge in [0.05, 0.1) is 12.8 Å². The number of ether oxygens (including phenoxy) is 1. The summed E-state index contributed by atoms with van der Waals surface area (Å²) >= 11 is 0. The number of hydrogen-bond acceptors (Lipinski definition) is 4. The number of aromatic nitrogens is 3. The molecule has 1 aromatic heterocycles. The molecule has 1 aromatic carbocycles. The van der Waals surface area contributed by atoms with Gasteiger partial charge in [0.1, 0.15) is 11.4 Å². The molecule has 0 saturated heterocycles. The summed E-state index contributed by atoms with van der Waals surface area (Å²) in [5.41, 5.74) is 8.61. The topological polar surface area (TPSA) is 66.0 Å². The van der Waals surface area contributed by atoms with E-state index in [4.69, 9.17) is 10.5 Å². The fraction of sp³-hybridized carbons (Fsp3) is 0.429. The van der Waals surface area contributed by atoms with E-state index in [9.17, 15) is 0 Å². The van der Waals surface area contributed by atoms with E-state index < -0.39 is 0 Å². The quantitative estimate of drug-likeness (QED) is 0.864. The van der Waals surface area contributed by atoms with Gasteiger partial charge in [-0.15, -0.1) is 5.10 Å². The average molecular weight is 260 g/mol. The molecule has 0 aliphatic rings. The van der Waals surface area contributed by atoms with Crippen LogP contribution in [0.25, 0.3) is 11.3 Å². The normalized spacial score (nSPS) is 10.7. The van der Waals surface area contributed by atoms with Gasteiger partial charge in [0.15, 0.2) is 0 Å². The summed E-state index contributed by atoms with van der Waals surface area (Å²) in [4.78, 5) is 0. The van der Waals surface area contributed by atoms with E-state index >= 15 is 0 Å². The summed E-state index contributed by atoms with van der Waals surface area (Å²) < 4.78 is 7.20. The smallest absolute Gasteiger partial charge is 0.119 e. The van der Waals surface area contributed by atoms with E-state index in [2.05, 4.69) is 17.2 Å². The molecule has 0 saturated carbocycles. The van der Waals surface area contributed by atoms with Gasteiger partial charge in [-0.3, -0.25) is 0 Å². The Hall–Kier alpha value is -1.88. The molecule has 0 bridgehead atoms. The highest BCUT2D eigenvalue weighted by molar-refractivity contribution is 5.63. The van der Waals surface area contributed by atoms with Crippen molar-refractivity contribution in [2.45, 2.75) is 32.9 Å². The average Bonchev–Trinajstić information content (AvgIpc) is 2.88. The molecular formula is C14H20N4O. The molecule has 0 atom stereocenters. The lowest BCUT2D eigenvalue weighted by Crippen LogP contribution is -2.04. The van der Waals surface area contributed by atoms with Gasteiger partial charge in [-0.1, -0.05) is 30.7 Å². The van der Waals surface area contributed by atoms with Crippen molar-refractivity contribution in [2.24, 2.45) is 5.73 Å². The van der Waals surface area contributed by atoms with Crippen LogP contribution in [-0.4, -0.2) is 22.1 Å². The molecule has 19 heavy (non-hydrogen) atoms. The molecule has 0 aliphatic heterocycles. The predicted octanol–water partition coefficient (Wildman–Crippen LogP) is 2.21. The molecule has 0 radical (unpaired) electrons. The molecule has 102 valence electrons. The Bertz CT molecular complexity index is 536. The van der Waals surface area contributed by atoms with Crippen LogP contribution in [0.15, 0.2) is 24.3 Å². The highest BCUT2D eigenvalue weighted by atomic mass is 16.5. The molecule has 2 rings (SSSR count). The van der Waals surface area contributed by atoms with Crippen LogP contribution in [-0.2, 0) is 13.1 Å². The van der Waals surface area contributed by atoms with Gasteiger partial charge in [0.25, 0.3) is 0 Å².